The lowest BCUT2D eigenvalue weighted by Crippen LogP contribution is -2.76. The van der Waals surface area contributed by atoms with Crippen LogP contribution in [0, 0.1) is 23.7 Å². The van der Waals surface area contributed by atoms with Gasteiger partial charge in [0, 0.05) is 18.3 Å². The lowest BCUT2D eigenvalue weighted by Gasteiger charge is -2.62. The summed E-state index contributed by atoms with van der Waals surface area (Å²) >= 11 is 0. The SMILES string of the molecule is C[C@@H]1CC[C@H]2[C@@H](C)[C@@](OCC(O)CO)(C(F)(F)F)O[C@@H]3O[C@]4(C)CC[C@@H]1[C@]32OO4. The van der Waals surface area contributed by atoms with Gasteiger partial charge in [0.25, 0.3) is 5.79 Å². The molecule has 9 atom stereocenters. The van der Waals surface area contributed by atoms with Gasteiger partial charge in [0.1, 0.15) is 6.10 Å². The summed E-state index contributed by atoms with van der Waals surface area (Å²) in [6.45, 7) is 3.69. The number of hydrogen-bond acceptors (Lipinski definition) is 7. The molecule has 2 bridgehead atoms. The molecule has 0 radical (unpaired) electrons. The van der Waals surface area contributed by atoms with E-state index in [1.807, 2.05) is 0 Å². The first-order chi connectivity index (χ1) is 13.5. The molecule has 5 fully saturated rings. The van der Waals surface area contributed by atoms with Crippen molar-refractivity contribution in [3.05, 3.63) is 0 Å². The van der Waals surface area contributed by atoms with Crippen LogP contribution >= 0.6 is 0 Å². The summed E-state index contributed by atoms with van der Waals surface area (Å²) in [6, 6.07) is 0. The molecule has 0 amide bonds. The highest BCUT2D eigenvalue weighted by molar-refractivity contribution is 5.12. The van der Waals surface area contributed by atoms with Gasteiger partial charge in [-0.05, 0) is 38.0 Å². The molecular weight excluding hydrogens is 397 g/mol. The van der Waals surface area contributed by atoms with E-state index in [4.69, 9.17) is 29.1 Å². The Kier molecular flexibility index (Phi) is 5.25. The molecular formula is C19H29F3O7. The van der Waals surface area contributed by atoms with Crippen molar-refractivity contribution >= 4 is 0 Å². The first-order valence-electron chi connectivity index (χ1n) is 10.2. The van der Waals surface area contributed by atoms with Crippen molar-refractivity contribution in [2.75, 3.05) is 13.2 Å². The summed E-state index contributed by atoms with van der Waals surface area (Å²) in [4.78, 5) is 11.4. The number of aliphatic hydroxyl groups is 2. The number of ether oxygens (including phenoxy) is 3. The fourth-order valence-corrected chi connectivity index (χ4v) is 5.76. The topological polar surface area (TPSA) is 86.6 Å². The minimum atomic E-state index is -4.89. The van der Waals surface area contributed by atoms with Crippen molar-refractivity contribution in [3.8, 4) is 0 Å². The van der Waals surface area contributed by atoms with E-state index >= 15 is 0 Å². The molecule has 4 aliphatic heterocycles. The van der Waals surface area contributed by atoms with Crippen molar-refractivity contribution in [2.45, 2.75) is 82.2 Å². The highest BCUT2D eigenvalue weighted by Crippen LogP contribution is 2.64. The van der Waals surface area contributed by atoms with Gasteiger partial charge in [-0.25, -0.2) is 9.78 Å². The maximum Gasteiger partial charge on any atom is 0.443 e. The Hall–Kier alpha value is -0.490. The first kappa shape index (κ1) is 21.7. The molecule has 29 heavy (non-hydrogen) atoms. The van der Waals surface area contributed by atoms with E-state index in [2.05, 4.69) is 6.92 Å². The minimum absolute atomic E-state index is 0.0766. The van der Waals surface area contributed by atoms with E-state index < -0.39 is 60.8 Å². The van der Waals surface area contributed by atoms with Crippen LogP contribution in [-0.4, -0.2) is 59.2 Å². The average Bonchev–Trinajstić information content (AvgIpc) is 2.88. The van der Waals surface area contributed by atoms with E-state index in [-0.39, 0.29) is 11.8 Å². The molecule has 4 saturated heterocycles. The van der Waals surface area contributed by atoms with Crippen molar-refractivity contribution in [1.29, 1.82) is 0 Å². The predicted octanol–water partition coefficient (Wildman–Crippen LogP) is 2.50. The summed E-state index contributed by atoms with van der Waals surface area (Å²) in [5.41, 5.74) is -1.15. The molecule has 7 nitrogen and oxygen atoms in total. The summed E-state index contributed by atoms with van der Waals surface area (Å²) in [5, 5.41) is 18.6. The Labute approximate surface area is 167 Å². The molecule has 1 spiro atoms. The molecule has 168 valence electrons. The molecule has 5 rings (SSSR count). The van der Waals surface area contributed by atoms with Gasteiger partial charge in [-0.15, -0.1) is 0 Å². The third kappa shape index (κ3) is 3.06. The molecule has 5 aliphatic rings. The van der Waals surface area contributed by atoms with Gasteiger partial charge in [0.05, 0.1) is 13.2 Å². The number of alkyl halides is 3. The summed E-state index contributed by atoms with van der Waals surface area (Å²) < 4.78 is 59.9. The number of rotatable bonds is 4. The zero-order valence-electron chi connectivity index (χ0n) is 16.8. The minimum Gasteiger partial charge on any atom is -0.394 e. The van der Waals surface area contributed by atoms with Crippen LogP contribution in [0.15, 0.2) is 0 Å². The summed E-state index contributed by atoms with van der Waals surface area (Å²) in [6.07, 6.45) is -5.27. The molecule has 4 heterocycles. The number of aliphatic hydroxyl groups excluding tert-OH is 2. The third-order valence-electron chi connectivity index (χ3n) is 7.36. The maximum absolute atomic E-state index is 14.4. The third-order valence-corrected chi connectivity index (χ3v) is 7.36. The van der Waals surface area contributed by atoms with Crippen LogP contribution in [0.3, 0.4) is 0 Å². The van der Waals surface area contributed by atoms with Crippen LogP contribution in [-0.2, 0) is 24.0 Å². The normalized spacial score (nSPS) is 50.7. The average molecular weight is 426 g/mol. The van der Waals surface area contributed by atoms with Gasteiger partial charge in [0.15, 0.2) is 11.9 Å². The lowest BCUT2D eigenvalue weighted by atomic mass is 9.57. The zero-order chi connectivity index (χ0) is 21.2. The van der Waals surface area contributed by atoms with E-state index in [0.717, 1.165) is 6.42 Å². The van der Waals surface area contributed by atoms with Gasteiger partial charge in [-0.3, -0.25) is 0 Å². The van der Waals surface area contributed by atoms with Gasteiger partial charge >= 0.3 is 6.18 Å². The van der Waals surface area contributed by atoms with Gasteiger partial charge < -0.3 is 24.4 Å². The quantitative estimate of drug-likeness (QED) is 0.668. The summed E-state index contributed by atoms with van der Waals surface area (Å²) in [7, 11) is 0. The largest absolute Gasteiger partial charge is 0.443 e. The zero-order valence-corrected chi connectivity index (χ0v) is 16.8. The standard InChI is InChI=1S/C19H29F3O7/c1-10-4-5-14-11(2)18(19(20,21)22,25-9-12(24)8-23)27-15-17(14)13(10)6-7-16(3,26-15)28-29-17/h10-15,23-24H,4-9H2,1-3H3/t10-,11-,12?,13+,14+,15+,16+,17-,18+/m1/s1. The van der Waals surface area contributed by atoms with Crippen molar-refractivity contribution < 1.29 is 47.4 Å². The van der Waals surface area contributed by atoms with Crippen LogP contribution in [0.1, 0.15) is 46.5 Å². The fourth-order valence-electron chi connectivity index (χ4n) is 5.76. The second-order valence-electron chi connectivity index (χ2n) is 9.13. The molecule has 1 saturated carbocycles. The Morgan fingerprint density at radius 2 is 1.83 bits per heavy atom. The predicted molar refractivity (Wildman–Crippen MR) is 90.9 cm³/mol. The second-order valence-corrected chi connectivity index (χ2v) is 9.13. The number of halogens is 3. The van der Waals surface area contributed by atoms with Crippen molar-refractivity contribution in [1.82, 2.24) is 0 Å². The van der Waals surface area contributed by atoms with Crippen LogP contribution in [0.25, 0.3) is 0 Å². The van der Waals surface area contributed by atoms with Crippen LogP contribution in [0.2, 0.25) is 0 Å². The number of hydrogen-bond donors (Lipinski definition) is 2. The Morgan fingerprint density at radius 1 is 1.10 bits per heavy atom. The molecule has 10 heteroatoms. The molecule has 0 aromatic carbocycles. The monoisotopic (exact) mass is 426 g/mol. The van der Waals surface area contributed by atoms with Crippen LogP contribution in [0.4, 0.5) is 13.2 Å². The van der Waals surface area contributed by atoms with E-state index in [1.54, 1.807) is 6.92 Å². The van der Waals surface area contributed by atoms with E-state index in [1.165, 1.54) is 6.92 Å². The number of fused-ring (bicyclic) bond motifs is 2. The molecule has 1 aliphatic carbocycles. The van der Waals surface area contributed by atoms with Gasteiger partial charge in [0.2, 0.25) is 5.79 Å². The molecule has 1 unspecified atom stereocenters. The van der Waals surface area contributed by atoms with Crippen molar-refractivity contribution in [2.24, 2.45) is 23.7 Å². The highest BCUT2D eigenvalue weighted by atomic mass is 19.4. The van der Waals surface area contributed by atoms with Gasteiger partial charge in [-0.2, -0.15) is 13.2 Å². The molecule has 2 N–H and O–H groups in total. The Morgan fingerprint density at radius 3 is 2.48 bits per heavy atom. The Balaban J connectivity index is 1.78. The van der Waals surface area contributed by atoms with Crippen LogP contribution < -0.4 is 0 Å². The second kappa shape index (κ2) is 7.01. The smallest absolute Gasteiger partial charge is 0.394 e. The van der Waals surface area contributed by atoms with Crippen LogP contribution in [0.5, 0.6) is 0 Å². The lowest BCUT2D eigenvalue weighted by molar-refractivity contribution is -0.599. The van der Waals surface area contributed by atoms with E-state index in [0.29, 0.717) is 19.3 Å². The van der Waals surface area contributed by atoms with E-state index in [9.17, 15) is 18.3 Å². The Bertz CT molecular complexity index is 633. The summed E-state index contributed by atoms with van der Waals surface area (Å²) in [5.74, 6) is -5.79. The fraction of sp³-hybridized carbons (Fsp3) is 1.00. The highest BCUT2D eigenvalue weighted by Gasteiger charge is 2.77. The maximum atomic E-state index is 14.4. The van der Waals surface area contributed by atoms with Crippen molar-refractivity contribution in [3.63, 3.8) is 0 Å². The molecule has 0 aromatic heterocycles. The van der Waals surface area contributed by atoms with Gasteiger partial charge in [-0.1, -0.05) is 13.8 Å². The first-order valence-corrected chi connectivity index (χ1v) is 10.2. The molecule has 0 aromatic rings.